The summed E-state index contributed by atoms with van der Waals surface area (Å²) in [6, 6.07) is 3.35. The number of alkyl halides is 3. The Labute approximate surface area is 127 Å². The molecule has 1 unspecified atom stereocenters. The van der Waals surface area contributed by atoms with E-state index in [9.17, 15) is 18.0 Å². The van der Waals surface area contributed by atoms with Crippen LogP contribution in [0.4, 0.5) is 13.2 Å². The summed E-state index contributed by atoms with van der Waals surface area (Å²) in [4.78, 5) is 11.9. The van der Waals surface area contributed by atoms with Crippen LogP contribution in [0, 0.1) is 0 Å². The highest BCUT2D eigenvalue weighted by molar-refractivity contribution is 9.10. The molecule has 0 spiro atoms. The summed E-state index contributed by atoms with van der Waals surface area (Å²) >= 11 is 2.83. The smallest absolute Gasteiger partial charge is 0.376 e. The molecule has 4 nitrogen and oxygen atoms in total. The largest absolute Gasteiger partial charge is 0.417 e. The summed E-state index contributed by atoms with van der Waals surface area (Å²) in [7, 11) is 0. The van der Waals surface area contributed by atoms with Crippen molar-refractivity contribution in [2.24, 2.45) is 0 Å². The predicted molar refractivity (Wildman–Crippen MR) is 72.0 cm³/mol. The third-order valence-corrected chi connectivity index (χ3v) is 3.60. The van der Waals surface area contributed by atoms with Crippen molar-refractivity contribution in [3.05, 3.63) is 33.8 Å². The second-order valence-corrected chi connectivity index (χ2v) is 5.32. The number of hydrogen-bond acceptors (Lipinski definition) is 3. The molecule has 1 saturated heterocycles. The highest BCUT2D eigenvalue weighted by Crippen LogP contribution is 2.35. The number of amides is 1. The van der Waals surface area contributed by atoms with Crippen molar-refractivity contribution in [3.8, 4) is 0 Å². The fraction of sp³-hybridized carbons (Fsp3) is 0.462. The zero-order chi connectivity index (χ0) is 15.5. The van der Waals surface area contributed by atoms with E-state index in [2.05, 4.69) is 21.2 Å². The highest BCUT2D eigenvalue weighted by atomic mass is 79.9. The van der Waals surface area contributed by atoms with Gasteiger partial charge in [-0.1, -0.05) is 15.9 Å². The second kappa shape index (κ2) is 6.76. The first-order chi connectivity index (χ1) is 9.88. The van der Waals surface area contributed by atoms with Gasteiger partial charge in [0.15, 0.2) is 0 Å². The molecule has 0 radical (unpaired) electrons. The minimum atomic E-state index is -4.52. The highest BCUT2D eigenvalue weighted by Gasteiger charge is 2.33. The fourth-order valence-corrected chi connectivity index (χ4v) is 2.32. The lowest BCUT2D eigenvalue weighted by molar-refractivity contribution is -0.138. The Hall–Kier alpha value is -1.12. The molecule has 21 heavy (non-hydrogen) atoms. The van der Waals surface area contributed by atoms with Gasteiger partial charge in [0.1, 0.15) is 0 Å². The van der Waals surface area contributed by atoms with Gasteiger partial charge < -0.3 is 14.8 Å². The van der Waals surface area contributed by atoms with E-state index in [0.717, 1.165) is 6.07 Å². The summed E-state index contributed by atoms with van der Waals surface area (Å²) in [6.07, 6.45) is -4.80. The molecule has 0 aliphatic carbocycles. The Morgan fingerprint density at radius 2 is 2.14 bits per heavy atom. The molecular formula is C13H13BrF3NO3. The number of hydrogen-bond donors (Lipinski definition) is 1. The van der Waals surface area contributed by atoms with E-state index >= 15 is 0 Å². The lowest BCUT2D eigenvalue weighted by Gasteiger charge is -2.23. The summed E-state index contributed by atoms with van der Waals surface area (Å²) in [6.45, 7) is 1.49. The first kappa shape index (κ1) is 16.3. The molecule has 8 heteroatoms. The van der Waals surface area contributed by atoms with Crippen LogP contribution in [0.1, 0.15) is 15.9 Å². The summed E-state index contributed by atoms with van der Waals surface area (Å²) in [5.41, 5.74) is -0.936. The normalized spacial score (nSPS) is 19.3. The molecule has 1 aliphatic heterocycles. The zero-order valence-corrected chi connectivity index (χ0v) is 12.5. The van der Waals surface area contributed by atoms with Crippen LogP contribution in [0.2, 0.25) is 0 Å². The van der Waals surface area contributed by atoms with Crippen molar-refractivity contribution in [1.82, 2.24) is 5.32 Å². The Kier molecular flexibility index (Phi) is 5.23. The number of ether oxygens (including phenoxy) is 2. The van der Waals surface area contributed by atoms with Gasteiger partial charge in [0.05, 0.1) is 31.5 Å². The minimum Gasteiger partial charge on any atom is -0.376 e. The molecule has 1 aromatic rings. The number of carbonyl (C=O) groups is 1. The first-order valence-corrected chi connectivity index (χ1v) is 7.01. The predicted octanol–water partition coefficient (Wildman–Crippen LogP) is 2.61. The van der Waals surface area contributed by atoms with Crippen LogP contribution in [0.3, 0.4) is 0 Å². The summed E-state index contributed by atoms with van der Waals surface area (Å²) in [5.74, 6) is -0.581. The first-order valence-electron chi connectivity index (χ1n) is 6.22. The SMILES string of the molecule is O=C(NCC1COCCO1)c1ccc(Br)c(C(F)(F)F)c1. The van der Waals surface area contributed by atoms with E-state index in [-0.39, 0.29) is 22.7 Å². The Morgan fingerprint density at radius 3 is 2.76 bits per heavy atom. The number of rotatable bonds is 3. The van der Waals surface area contributed by atoms with Gasteiger partial charge in [-0.05, 0) is 18.2 Å². The topological polar surface area (TPSA) is 47.6 Å². The van der Waals surface area contributed by atoms with Gasteiger partial charge >= 0.3 is 6.18 Å². The molecular weight excluding hydrogens is 355 g/mol. The van der Waals surface area contributed by atoms with Crippen LogP contribution in [0.25, 0.3) is 0 Å². The Bertz CT molecular complexity index is 516. The maximum absolute atomic E-state index is 12.8. The van der Waals surface area contributed by atoms with Gasteiger partial charge in [-0.25, -0.2) is 0 Å². The maximum atomic E-state index is 12.8. The van der Waals surface area contributed by atoms with E-state index in [1.165, 1.54) is 12.1 Å². The van der Waals surface area contributed by atoms with Crippen LogP contribution >= 0.6 is 15.9 Å². The molecule has 0 aromatic heterocycles. The molecule has 0 bridgehead atoms. The molecule has 2 rings (SSSR count). The standard InChI is InChI=1S/C13H13BrF3NO3/c14-11-2-1-8(5-10(11)13(15,16)17)12(19)18-6-9-7-20-3-4-21-9/h1-2,5,9H,3-4,6-7H2,(H,18,19). The number of carbonyl (C=O) groups excluding carboxylic acids is 1. The van der Waals surface area contributed by atoms with E-state index in [1.54, 1.807) is 0 Å². The Morgan fingerprint density at radius 1 is 1.38 bits per heavy atom. The zero-order valence-electron chi connectivity index (χ0n) is 10.9. The monoisotopic (exact) mass is 367 g/mol. The van der Waals surface area contributed by atoms with E-state index in [4.69, 9.17) is 9.47 Å². The van der Waals surface area contributed by atoms with Gasteiger partial charge in [-0.2, -0.15) is 13.2 Å². The van der Waals surface area contributed by atoms with Crippen molar-refractivity contribution < 1.29 is 27.4 Å². The average Bonchev–Trinajstić information content (AvgIpc) is 2.45. The third kappa shape index (κ3) is 4.42. The van der Waals surface area contributed by atoms with E-state index in [1.807, 2.05) is 0 Å². The molecule has 116 valence electrons. The van der Waals surface area contributed by atoms with E-state index < -0.39 is 17.6 Å². The third-order valence-electron chi connectivity index (χ3n) is 2.91. The van der Waals surface area contributed by atoms with Crippen molar-refractivity contribution in [2.45, 2.75) is 12.3 Å². The quantitative estimate of drug-likeness (QED) is 0.893. The van der Waals surface area contributed by atoms with Gasteiger partial charge in [0.2, 0.25) is 0 Å². The van der Waals surface area contributed by atoms with Crippen molar-refractivity contribution in [1.29, 1.82) is 0 Å². The molecule has 1 atom stereocenters. The second-order valence-electron chi connectivity index (χ2n) is 4.47. The lowest BCUT2D eigenvalue weighted by Crippen LogP contribution is -2.39. The van der Waals surface area contributed by atoms with Crippen molar-refractivity contribution in [3.63, 3.8) is 0 Å². The van der Waals surface area contributed by atoms with Crippen molar-refractivity contribution >= 4 is 21.8 Å². The molecule has 1 fully saturated rings. The van der Waals surface area contributed by atoms with Crippen LogP contribution in [-0.2, 0) is 15.7 Å². The van der Waals surface area contributed by atoms with Gasteiger partial charge in [0, 0.05) is 16.6 Å². The molecule has 1 amide bonds. The molecule has 1 aromatic carbocycles. The van der Waals surface area contributed by atoms with E-state index in [0.29, 0.717) is 19.8 Å². The maximum Gasteiger partial charge on any atom is 0.417 e. The molecule has 0 saturated carbocycles. The number of halogens is 4. The van der Waals surface area contributed by atoms with Gasteiger partial charge in [-0.3, -0.25) is 4.79 Å². The molecule has 1 heterocycles. The van der Waals surface area contributed by atoms with Crippen LogP contribution < -0.4 is 5.32 Å². The number of benzene rings is 1. The lowest BCUT2D eigenvalue weighted by atomic mass is 10.1. The Balaban J connectivity index is 2.02. The molecule has 1 N–H and O–H groups in total. The minimum absolute atomic E-state index is 0.0535. The molecule has 1 aliphatic rings. The summed E-state index contributed by atoms with van der Waals surface area (Å²) < 4.78 is 48.7. The van der Waals surface area contributed by atoms with Crippen molar-refractivity contribution in [2.75, 3.05) is 26.4 Å². The summed E-state index contributed by atoms with van der Waals surface area (Å²) in [5, 5.41) is 2.54. The van der Waals surface area contributed by atoms with Gasteiger partial charge in [-0.15, -0.1) is 0 Å². The van der Waals surface area contributed by atoms with Crippen LogP contribution in [0.5, 0.6) is 0 Å². The van der Waals surface area contributed by atoms with Crippen LogP contribution in [0.15, 0.2) is 22.7 Å². The number of nitrogens with one attached hydrogen (secondary N) is 1. The van der Waals surface area contributed by atoms with Crippen LogP contribution in [-0.4, -0.2) is 38.4 Å². The average molecular weight is 368 g/mol. The van der Waals surface area contributed by atoms with Gasteiger partial charge in [0.25, 0.3) is 5.91 Å². The fourth-order valence-electron chi connectivity index (χ4n) is 1.85.